The fraction of sp³-hybridized carbons (Fsp3) is 0.167. The van der Waals surface area contributed by atoms with Gasteiger partial charge in [-0.3, -0.25) is 9.10 Å². The molecule has 3 aromatic rings. The summed E-state index contributed by atoms with van der Waals surface area (Å²) in [7, 11) is -0.694. The van der Waals surface area contributed by atoms with E-state index in [4.69, 9.17) is 14.2 Å². The predicted octanol–water partition coefficient (Wildman–Crippen LogP) is 3.41. The van der Waals surface area contributed by atoms with Crippen LogP contribution in [-0.4, -0.2) is 47.6 Å². The van der Waals surface area contributed by atoms with E-state index in [-0.39, 0.29) is 0 Å². The first-order chi connectivity index (χ1) is 16.3. The van der Waals surface area contributed by atoms with Crippen molar-refractivity contribution < 1.29 is 27.4 Å². The molecule has 0 saturated heterocycles. The van der Waals surface area contributed by atoms with Crippen LogP contribution >= 0.6 is 0 Å². The van der Waals surface area contributed by atoms with E-state index in [1.165, 1.54) is 20.4 Å². The number of methoxy groups -OCH3 is 2. The van der Waals surface area contributed by atoms with Crippen molar-refractivity contribution in [3.05, 3.63) is 78.4 Å². The predicted molar refractivity (Wildman–Crippen MR) is 130 cm³/mol. The van der Waals surface area contributed by atoms with Gasteiger partial charge in [-0.15, -0.1) is 0 Å². The van der Waals surface area contributed by atoms with Crippen LogP contribution in [0.1, 0.15) is 5.56 Å². The van der Waals surface area contributed by atoms with Gasteiger partial charge in [-0.25, -0.2) is 13.8 Å². The summed E-state index contributed by atoms with van der Waals surface area (Å²) in [6.45, 7) is -0.454. The molecule has 1 amide bonds. The highest BCUT2D eigenvalue weighted by molar-refractivity contribution is 7.92. The van der Waals surface area contributed by atoms with Gasteiger partial charge in [0.25, 0.3) is 5.91 Å². The largest absolute Gasteiger partial charge is 0.497 e. The molecule has 10 heteroatoms. The normalized spacial score (nSPS) is 11.1. The Morgan fingerprint density at radius 3 is 2.21 bits per heavy atom. The third kappa shape index (κ3) is 6.72. The van der Waals surface area contributed by atoms with Crippen LogP contribution in [0.4, 0.5) is 5.69 Å². The first-order valence-electron chi connectivity index (χ1n) is 10.1. The molecule has 0 aliphatic rings. The lowest BCUT2D eigenvalue weighted by Crippen LogP contribution is -2.39. The molecule has 178 valence electrons. The molecule has 0 atom stereocenters. The Bertz CT molecular complexity index is 1250. The van der Waals surface area contributed by atoms with Crippen molar-refractivity contribution in [3.8, 4) is 23.0 Å². The molecule has 9 nitrogen and oxygen atoms in total. The number of ether oxygens (including phenoxy) is 3. The highest BCUT2D eigenvalue weighted by atomic mass is 32.2. The third-order valence-corrected chi connectivity index (χ3v) is 5.76. The van der Waals surface area contributed by atoms with Gasteiger partial charge in [0.1, 0.15) is 29.5 Å². The zero-order chi connectivity index (χ0) is 24.6. The molecule has 0 aliphatic carbocycles. The Hall–Kier alpha value is -4.05. The van der Waals surface area contributed by atoms with Crippen molar-refractivity contribution in [3.63, 3.8) is 0 Å². The number of hydrogen-bond acceptors (Lipinski definition) is 7. The van der Waals surface area contributed by atoms with E-state index in [0.717, 1.165) is 10.6 Å². The zero-order valence-corrected chi connectivity index (χ0v) is 19.8. The summed E-state index contributed by atoms with van der Waals surface area (Å²) >= 11 is 0. The molecular weight excluding hydrogens is 458 g/mol. The minimum Gasteiger partial charge on any atom is -0.497 e. The average Bonchev–Trinajstić information content (AvgIpc) is 2.83. The molecule has 34 heavy (non-hydrogen) atoms. The molecule has 0 fully saturated rings. The lowest BCUT2D eigenvalue weighted by molar-refractivity contribution is -0.119. The van der Waals surface area contributed by atoms with Gasteiger partial charge < -0.3 is 14.2 Å². The lowest BCUT2D eigenvalue weighted by atomic mass is 10.2. The Kier molecular flexibility index (Phi) is 8.10. The standard InChI is InChI=1S/C24H25N3O6S/c1-31-22-13-14-23(32-2)18(15-22)16-25-26-24(28)17-27(34(3,29)30)19-9-11-21(12-10-19)33-20-7-5-4-6-8-20/h4-16H,17H2,1-3H3,(H,26,28)/b25-16+. The number of carbonyl (C=O) groups is 1. The van der Waals surface area contributed by atoms with Crippen LogP contribution in [0.25, 0.3) is 0 Å². The molecule has 0 saturated carbocycles. The van der Waals surface area contributed by atoms with Crippen LogP contribution in [0.5, 0.6) is 23.0 Å². The molecule has 0 heterocycles. The van der Waals surface area contributed by atoms with E-state index in [0.29, 0.717) is 34.2 Å². The zero-order valence-electron chi connectivity index (χ0n) is 19.0. The van der Waals surface area contributed by atoms with Crippen LogP contribution in [-0.2, 0) is 14.8 Å². The quantitative estimate of drug-likeness (QED) is 0.350. The lowest BCUT2D eigenvalue weighted by Gasteiger charge is -2.21. The summed E-state index contributed by atoms with van der Waals surface area (Å²) in [6, 6.07) is 20.7. The van der Waals surface area contributed by atoms with E-state index in [2.05, 4.69) is 10.5 Å². The summed E-state index contributed by atoms with van der Waals surface area (Å²) in [5.74, 6) is 1.70. The number of rotatable bonds is 10. The number of carbonyl (C=O) groups excluding carboxylic acids is 1. The SMILES string of the molecule is COc1ccc(OC)c(/C=N/NC(=O)CN(c2ccc(Oc3ccccc3)cc2)S(C)(=O)=O)c1. The Labute approximate surface area is 198 Å². The van der Waals surface area contributed by atoms with Crippen molar-refractivity contribution in [2.45, 2.75) is 0 Å². The molecule has 3 rings (SSSR count). The summed E-state index contributed by atoms with van der Waals surface area (Å²) in [5.41, 5.74) is 3.24. The molecule has 0 unspecified atom stereocenters. The first kappa shape index (κ1) is 24.6. The van der Waals surface area contributed by atoms with Gasteiger partial charge in [0.2, 0.25) is 10.0 Å². The van der Waals surface area contributed by atoms with Gasteiger partial charge in [0.15, 0.2) is 0 Å². The maximum atomic E-state index is 12.4. The monoisotopic (exact) mass is 483 g/mol. The number of amides is 1. The van der Waals surface area contributed by atoms with Gasteiger partial charge >= 0.3 is 0 Å². The Balaban J connectivity index is 1.68. The first-order valence-corrected chi connectivity index (χ1v) is 12.0. The molecule has 0 aliphatic heterocycles. The van der Waals surface area contributed by atoms with E-state index in [1.807, 2.05) is 30.3 Å². The number of anilines is 1. The van der Waals surface area contributed by atoms with Crippen molar-refractivity contribution in [1.82, 2.24) is 5.43 Å². The van der Waals surface area contributed by atoms with Gasteiger partial charge in [-0.1, -0.05) is 18.2 Å². The minimum atomic E-state index is -3.74. The van der Waals surface area contributed by atoms with Gasteiger partial charge in [-0.2, -0.15) is 5.10 Å². The Morgan fingerprint density at radius 2 is 1.59 bits per heavy atom. The number of para-hydroxylation sites is 1. The number of sulfonamides is 1. The fourth-order valence-electron chi connectivity index (χ4n) is 2.98. The van der Waals surface area contributed by atoms with E-state index in [9.17, 15) is 13.2 Å². The fourth-order valence-corrected chi connectivity index (χ4v) is 3.84. The summed E-state index contributed by atoms with van der Waals surface area (Å²) in [6.07, 6.45) is 2.42. The second kappa shape index (κ2) is 11.2. The molecule has 1 N–H and O–H groups in total. The summed E-state index contributed by atoms with van der Waals surface area (Å²) < 4.78 is 41.8. The number of hydrazone groups is 1. The van der Waals surface area contributed by atoms with E-state index < -0.39 is 22.5 Å². The van der Waals surface area contributed by atoms with Crippen molar-refractivity contribution in [2.75, 3.05) is 31.3 Å². The second-order valence-corrected chi connectivity index (χ2v) is 8.99. The van der Waals surface area contributed by atoms with Crippen LogP contribution in [0, 0.1) is 0 Å². The topological polar surface area (TPSA) is 107 Å². The average molecular weight is 484 g/mol. The molecule has 0 aromatic heterocycles. The molecule has 0 radical (unpaired) electrons. The molecule has 0 spiro atoms. The van der Waals surface area contributed by atoms with E-state index in [1.54, 1.807) is 42.5 Å². The Morgan fingerprint density at radius 1 is 0.941 bits per heavy atom. The highest BCUT2D eigenvalue weighted by Gasteiger charge is 2.21. The number of nitrogens with zero attached hydrogens (tertiary/aromatic N) is 2. The molecule has 3 aromatic carbocycles. The van der Waals surface area contributed by atoms with Crippen LogP contribution in [0.15, 0.2) is 77.9 Å². The third-order valence-electron chi connectivity index (χ3n) is 4.62. The minimum absolute atomic E-state index is 0.316. The maximum Gasteiger partial charge on any atom is 0.260 e. The van der Waals surface area contributed by atoms with Gasteiger partial charge in [0.05, 0.1) is 32.4 Å². The molecule has 0 bridgehead atoms. The van der Waals surface area contributed by atoms with Crippen molar-refractivity contribution in [1.29, 1.82) is 0 Å². The van der Waals surface area contributed by atoms with Crippen molar-refractivity contribution in [2.24, 2.45) is 5.10 Å². The summed E-state index contributed by atoms with van der Waals surface area (Å²) in [4.78, 5) is 12.4. The molecular formula is C24H25N3O6S. The highest BCUT2D eigenvalue weighted by Crippen LogP contribution is 2.25. The van der Waals surface area contributed by atoms with Gasteiger partial charge in [0, 0.05) is 5.56 Å². The number of hydrogen-bond donors (Lipinski definition) is 1. The summed E-state index contributed by atoms with van der Waals surface area (Å²) in [5, 5.41) is 3.91. The van der Waals surface area contributed by atoms with Gasteiger partial charge in [-0.05, 0) is 54.6 Å². The maximum absolute atomic E-state index is 12.4. The van der Waals surface area contributed by atoms with Crippen LogP contribution in [0.2, 0.25) is 0 Å². The van der Waals surface area contributed by atoms with E-state index >= 15 is 0 Å². The smallest absolute Gasteiger partial charge is 0.260 e. The number of nitrogens with one attached hydrogen (secondary N) is 1. The van der Waals surface area contributed by atoms with Crippen LogP contribution < -0.4 is 23.9 Å². The van der Waals surface area contributed by atoms with Crippen LogP contribution in [0.3, 0.4) is 0 Å². The van der Waals surface area contributed by atoms with Crippen molar-refractivity contribution >= 4 is 27.8 Å². The second-order valence-electron chi connectivity index (χ2n) is 7.08. The number of benzene rings is 3.